The fourth-order valence-electron chi connectivity index (χ4n) is 1.19. The fourth-order valence-corrected chi connectivity index (χ4v) is 2.39. The Morgan fingerprint density at radius 1 is 1.22 bits per heavy atom. The number of rotatable bonds is 7. The van der Waals surface area contributed by atoms with Gasteiger partial charge in [0.05, 0.1) is 13.2 Å². The SMILES string of the molecule is CCOP(=O)(OCC)Oc1ccc([NH+]([O-])O)cc1. The Morgan fingerprint density at radius 2 is 1.72 bits per heavy atom. The van der Waals surface area contributed by atoms with E-state index in [2.05, 4.69) is 0 Å². The van der Waals surface area contributed by atoms with Crippen LogP contribution in [0.5, 0.6) is 5.75 Å². The van der Waals surface area contributed by atoms with Gasteiger partial charge in [-0.05, 0) is 26.0 Å². The summed E-state index contributed by atoms with van der Waals surface area (Å²) >= 11 is 0. The molecule has 8 heteroatoms. The van der Waals surface area contributed by atoms with E-state index < -0.39 is 13.0 Å². The first-order chi connectivity index (χ1) is 8.50. The number of benzene rings is 1. The van der Waals surface area contributed by atoms with E-state index in [0.717, 1.165) is 0 Å². The monoisotopic (exact) mass is 277 g/mol. The normalized spacial score (nSPS) is 13.3. The third kappa shape index (κ3) is 4.38. The molecule has 0 aromatic heterocycles. The summed E-state index contributed by atoms with van der Waals surface area (Å²) in [5.74, 6) is 0.227. The summed E-state index contributed by atoms with van der Waals surface area (Å²) in [5, 5.41) is 18.3. The summed E-state index contributed by atoms with van der Waals surface area (Å²) in [6.07, 6.45) is 0. The molecule has 0 spiro atoms. The van der Waals surface area contributed by atoms with Crippen molar-refractivity contribution in [1.29, 1.82) is 0 Å². The Balaban J connectivity index is 2.78. The van der Waals surface area contributed by atoms with Gasteiger partial charge in [-0.3, -0.25) is 9.05 Å². The molecule has 0 amide bonds. The van der Waals surface area contributed by atoms with E-state index in [4.69, 9.17) is 18.8 Å². The molecule has 1 unspecified atom stereocenters. The molecule has 18 heavy (non-hydrogen) atoms. The number of phosphoric ester groups is 1. The van der Waals surface area contributed by atoms with E-state index in [1.165, 1.54) is 24.3 Å². The predicted octanol–water partition coefficient (Wildman–Crippen LogP) is 1.65. The largest absolute Gasteiger partial charge is 0.595 e. The van der Waals surface area contributed by atoms with Gasteiger partial charge in [0, 0.05) is 12.1 Å². The molecular formula is C10H16NO6P. The van der Waals surface area contributed by atoms with E-state index in [0.29, 0.717) is 0 Å². The van der Waals surface area contributed by atoms with Crippen molar-refractivity contribution < 1.29 is 28.6 Å². The van der Waals surface area contributed by atoms with Crippen LogP contribution in [0.15, 0.2) is 24.3 Å². The van der Waals surface area contributed by atoms with Crippen molar-refractivity contribution in [2.45, 2.75) is 13.8 Å². The smallest absolute Gasteiger partial charge is 0.530 e. The average Bonchev–Trinajstić information content (AvgIpc) is 2.30. The summed E-state index contributed by atoms with van der Waals surface area (Å²) in [4.78, 5) is 0. The first-order valence-corrected chi connectivity index (χ1v) is 6.89. The molecule has 7 nitrogen and oxygen atoms in total. The van der Waals surface area contributed by atoms with Gasteiger partial charge in [-0.25, -0.2) is 9.77 Å². The quantitative estimate of drug-likeness (QED) is 0.581. The third-order valence-electron chi connectivity index (χ3n) is 1.89. The van der Waals surface area contributed by atoms with Gasteiger partial charge in [0.2, 0.25) is 0 Å². The first kappa shape index (κ1) is 15.1. The highest BCUT2D eigenvalue weighted by atomic mass is 31.2. The van der Waals surface area contributed by atoms with Gasteiger partial charge in [-0.15, -0.1) is 0 Å². The number of hydrogen-bond donors (Lipinski definition) is 2. The van der Waals surface area contributed by atoms with Crippen molar-refractivity contribution >= 4 is 13.5 Å². The number of phosphoric acid groups is 1. The summed E-state index contributed by atoms with van der Waals surface area (Å²) < 4.78 is 27.0. The van der Waals surface area contributed by atoms with Gasteiger partial charge in [-0.2, -0.15) is 5.23 Å². The van der Waals surface area contributed by atoms with Crippen LogP contribution in [0.25, 0.3) is 0 Å². The minimum Gasteiger partial charge on any atom is -0.595 e. The van der Waals surface area contributed by atoms with Crippen LogP contribution in [0.2, 0.25) is 0 Å². The lowest BCUT2D eigenvalue weighted by atomic mass is 10.3. The van der Waals surface area contributed by atoms with E-state index in [1.807, 2.05) is 0 Å². The van der Waals surface area contributed by atoms with Crippen molar-refractivity contribution in [1.82, 2.24) is 0 Å². The van der Waals surface area contributed by atoms with Crippen molar-refractivity contribution in [2.75, 3.05) is 13.2 Å². The molecule has 0 heterocycles. The van der Waals surface area contributed by atoms with Crippen LogP contribution in [0, 0.1) is 5.21 Å². The maximum atomic E-state index is 12.0. The van der Waals surface area contributed by atoms with Gasteiger partial charge < -0.3 is 9.73 Å². The lowest BCUT2D eigenvalue weighted by Gasteiger charge is -2.17. The van der Waals surface area contributed by atoms with Crippen LogP contribution in [-0.4, -0.2) is 18.4 Å². The molecule has 2 N–H and O–H groups in total. The van der Waals surface area contributed by atoms with Crippen LogP contribution in [0.4, 0.5) is 5.69 Å². The maximum Gasteiger partial charge on any atom is 0.530 e. The van der Waals surface area contributed by atoms with E-state index in [-0.39, 0.29) is 24.7 Å². The van der Waals surface area contributed by atoms with E-state index in [9.17, 15) is 9.77 Å². The Kier molecular flexibility index (Phi) is 5.74. The summed E-state index contributed by atoms with van der Waals surface area (Å²) in [6, 6.07) is 5.49. The Labute approximate surface area is 105 Å². The molecule has 1 aromatic carbocycles. The highest BCUT2D eigenvalue weighted by molar-refractivity contribution is 7.48. The number of nitrogens with one attached hydrogen (secondary N) is 1. The van der Waals surface area contributed by atoms with Gasteiger partial charge in [-0.1, -0.05) is 0 Å². The maximum absolute atomic E-state index is 12.0. The zero-order chi connectivity index (χ0) is 13.6. The van der Waals surface area contributed by atoms with Gasteiger partial charge in [0.15, 0.2) is 5.69 Å². The zero-order valence-electron chi connectivity index (χ0n) is 10.2. The van der Waals surface area contributed by atoms with Crippen LogP contribution in [0.1, 0.15) is 13.8 Å². The predicted molar refractivity (Wildman–Crippen MR) is 63.7 cm³/mol. The number of quaternary nitrogens is 1. The van der Waals surface area contributed by atoms with Crippen molar-refractivity contribution in [3.63, 3.8) is 0 Å². The Morgan fingerprint density at radius 3 is 2.11 bits per heavy atom. The molecule has 0 saturated carbocycles. The third-order valence-corrected chi connectivity index (χ3v) is 3.48. The van der Waals surface area contributed by atoms with Crippen LogP contribution in [0.3, 0.4) is 0 Å². The van der Waals surface area contributed by atoms with Crippen molar-refractivity contribution in [2.24, 2.45) is 0 Å². The minimum atomic E-state index is -3.63. The van der Waals surface area contributed by atoms with E-state index in [1.54, 1.807) is 13.8 Å². The Bertz CT molecular complexity index is 397. The lowest BCUT2D eigenvalue weighted by Crippen LogP contribution is -2.99. The molecule has 0 aliphatic carbocycles. The molecule has 1 rings (SSSR count). The number of hydrogen-bond acceptors (Lipinski definition) is 6. The summed E-state index contributed by atoms with van der Waals surface area (Å²) in [7, 11) is -3.63. The standard InChI is InChI=1S/C10H16NO6P/c1-3-15-18(14,16-4-2)17-10-7-5-9(6-8-10)11(12)13/h5-8,11-12H,3-4H2,1-2H3. The molecule has 0 radical (unpaired) electrons. The molecule has 0 fully saturated rings. The molecule has 0 aliphatic rings. The first-order valence-electron chi connectivity index (χ1n) is 5.43. The molecular weight excluding hydrogens is 261 g/mol. The highest BCUT2D eigenvalue weighted by Gasteiger charge is 2.27. The molecule has 1 atom stereocenters. The second-order valence-corrected chi connectivity index (χ2v) is 4.80. The fraction of sp³-hybridized carbons (Fsp3) is 0.400. The van der Waals surface area contributed by atoms with Crippen LogP contribution in [-0.2, 0) is 13.6 Å². The average molecular weight is 277 g/mol. The minimum absolute atomic E-state index is 0.116. The van der Waals surface area contributed by atoms with Crippen molar-refractivity contribution in [3.8, 4) is 5.75 Å². The lowest BCUT2D eigenvalue weighted by molar-refractivity contribution is -0.991. The topological polar surface area (TPSA) is 92.5 Å². The molecule has 1 aromatic rings. The van der Waals surface area contributed by atoms with Gasteiger partial charge in [0.1, 0.15) is 5.75 Å². The zero-order valence-corrected chi connectivity index (χ0v) is 11.1. The molecule has 0 aliphatic heterocycles. The Hall–Kier alpha value is -0.950. The molecule has 0 saturated heterocycles. The van der Waals surface area contributed by atoms with E-state index >= 15 is 0 Å². The van der Waals surface area contributed by atoms with Crippen LogP contribution < -0.4 is 9.75 Å². The second kappa shape index (κ2) is 6.84. The summed E-state index contributed by atoms with van der Waals surface area (Å²) in [5.41, 5.74) is 0.116. The molecule has 102 valence electrons. The van der Waals surface area contributed by atoms with Gasteiger partial charge in [0.25, 0.3) is 0 Å². The highest BCUT2D eigenvalue weighted by Crippen LogP contribution is 2.49. The molecule has 0 bridgehead atoms. The van der Waals surface area contributed by atoms with Gasteiger partial charge >= 0.3 is 7.82 Å². The van der Waals surface area contributed by atoms with Crippen molar-refractivity contribution in [3.05, 3.63) is 29.5 Å². The van der Waals surface area contributed by atoms with Crippen LogP contribution >= 0.6 is 7.82 Å². The summed E-state index contributed by atoms with van der Waals surface area (Å²) in [6.45, 7) is 3.71. The second-order valence-electron chi connectivity index (χ2n) is 3.20.